The van der Waals surface area contributed by atoms with E-state index in [-0.39, 0.29) is 31.7 Å². The van der Waals surface area contributed by atoms with Crippen LogP contribution in [0.4, 0.5) is 0 Å². The molecule has 5 N–H and O–H groups in total. The Morgan fingerprint density at radius 1 is 1.32 bits per heavy atom. The van der Waals surface area contributed by atoms with Crippen LogP contribution in [0.5, 0.6) is 5.75 Å². The normalized spacial score (nSPS) is 23.5. The van der Waals surface area contributed by atoms with Crippen LogP contribution < -0.4 is 15.6 Å². The number of rotatable bonds is 9. The molecule has 2 rings (SSSR count). The number of esters is 1. The van der Waals surface area contributed by atoms with Crippen molar-refractivity contribution in [2.45, 2.75) is 38.8 Å². The van der Waals surface area contributed by atoms with Crippen LogP contribution >= 0.6 is 8.17 Å². The van der Waals surface area contributed by atoms with Crippen LogP contribution in [0.15, 0.2) is 24.3 Å². The van der Waals surface area contributed by atoms with E-state index in [0.717, 1.165) is 0 Å². The van der Waals surface area contributed by atoms with Crippen molar-refractivity contribution >= 4 is 26.0 Å². The van der Waals surface area contributed by atoms with Gasteiger partial charge in [-0.2, -0.15) is 4.89 Å². The molecule has 1 amide bonds. The molecule has 0 aliphatic carbocycles. The molecule has 0 aromatic heterocycles. The summed E-state index contributed by atoms with van der Waals surface area (Å²) < 4.78 is 21.0. The number of carboxylic acids is 1. The van der Waals surface area contributed by atoms with Crippen molar-refractivity contribution < 1.29 is 42.7 Å². The Hall–Kier alpha value is -2.30. The summed E-state index contributed by atoms with van der Waals surface area (Å²) in [6.45, 7) is 3.53. The van der Waals surface area contributed by atoms with Gasteiger partial charge in [0.2, 0.25) is 0 Å². The summed E-state index contributed by atoms with van der Waals surface area (Å²) in [4.78, 5) is 45.3. The van der Waals surface area contributed by atoms with E-state index >= 15 is 0 Å². The number of nitrogens with two attached hydrogens (primary N) is 1. The minimum Gasteiger partial charge on any atom is -0.480 e. The summed E-state index contributed by atoms with van der Waals surface area (Å²) in [5, 5.41) is 11.5. The molecule has 0 saturated carbocycles. The minimum absolute atomic E-state index is 0.000314. The van der Waals surface area contributed by atoms with Gasteiger partial charge in [-0.1, -0.05) is 26.0 Å². The molecule has 1 aliphatic heterocycles. The third-order valence-electron chi connectivity index (χ3n) is 4.56. The average Bonchev–Trinajstić information content (AvgIpc) is 2.71. The first-order valence-electron chi connectivity index (χ1n) is 9.52. The number of carboxylic acid groups (broad SMARTS) is 1. The smallest absolute Gasteiger partial charge is 0.480 e. The highest BCUT2D eigenvalue weighted by atomic mass is 31.2. The van der Waals surface area contributed by atoms with Gasteiger partial charge >= 0.3 is 20.1 Å². The molecule has 0 radical (unpaired) electrons. The van der Waals surface area contributed by atoms with Crippen LogP contribution in [0.1, 0.15) is 25.8 Å². The Bertz CT molecular complexity index is 802. The second kappa shape index (κ2) is 10.3. The van der Waals surface area contributed by atoms with E-state index in [4.69, 9.17) is 24.4 Å². The van der Waals surface area contributed by atoms with Crippen molar-refractivity contribution in [3.63, 3.8) is 0 Å². The van der Waals surface area contributed by atoms with Crippen molar-refractivity contribution in [1.82, 2.24) is 5.32 Å². The van der Waals surface area contributed by atoms with Crippen LogP contribution in [-0.2, 0) is 34.6 Å². The number of methoxy groups -OCH3 is 1. The Morgan fingerprint density at radius 3 is 2.55 bits per heavy atom. The molecule has 1 unspecified atom stereocenters. The van der Waals surface area contributed by atoms with Crippen LogP contribution in [0.3, 0.4) is 0 Å². The maximum atomic E-state index is 12.6. The van der Waals surface area contributed by atoms with Crippen molar-refractivity contribution in [3.05, 3.63) is 29.8 Å². The Labute approximate surface area is 180 Å². The summed E-state index contributed by atoms with van der Waals surface area (Å²) in [6.07, 6.45) is -0.950. The Kier molecular flexibility index (Phi) is 8.33. The zero-order valence-electron chi connectivity index (χ0n) is 17.6. The van der Waals surface area contributed by atoms with E-state index in [1.165, 1.54) is 19.2 Å². The van der Waals surface area contributed by atoms with Crippen LogP contribution in [0, 0.1) is 5.41 Å². The number of benzene rings is 1. The summed E-state index contributed by atoms with van der Waals surface area (Å²) in [5.74, 6) is -1.87. The lowest BCUT2D eigenvalue weighted by molar-refractivity contribution is -0.143. The quantitative estimate of drug-likeness (QED) is 0.306. The third kappa shape index (κ3) is 7.12. The number of nitrogens with one attached hydrogen (secondary N) is 1. The number of carbonyl (C=O) groups is 3. The monoisotopic (exact) mass is 459 g/mol. The predicted molar refractivity (Wildman–Crippen MR) is 110 cm³/mol. The predicted octanol–water partition coefficient (Wildman–Crippen LogP) is 0.811. The Balaban J connectivity index is 2.02. The van der Waals surface area contributed by atoms with E-state index in [1.807, 2.05) is 0 Å². The van der Waals surface area contributed by atoms with Gasteiger partial charge in [-0.15, -0.1) is 9.05 Å². The molecule has 11 nitrogen and oxygen atoms in total. The second-order valence-electron chi connectivity index (χ2n) is 7.72. The summed E-state index contributed by atoms with van der Waals surface area (Å²) in [5.41, 5.74) is 5.42. The SMILES string of the molecule is COC(=O)CCNC(=O)[C@@H]1O[P+](O)(Oc2ccc(C[C@H](N)C(=O)O)cc2)OCC1(C)C. The van der Waals surface area contributed by atoms with Crippen molar-refractivity contribution in [2.24, 2.45) is 11.1 Å². The molecule has 1 fully saturated rings. The molecule has 1 aromatic carbocycles. The van der Waals surface area contributed by atoms with Gasteiger partial charge in [0.25, 0.3) is 5.91 Å². The van der Waals surface area contributed by atoms with E-state index < -0.39 is 43.6 Å². The molecule has 1 saturated heterocycles. The lowest BCUT2D eigenvalue weighted by Gasteiger charge is -2.36. The molecule has 0 spiro atoms. The van der Waals surface area contributed by atoms with Gasteiger partial charge in [0.1, 0.15) is 12.6 Å². The third-order valence-corrected chi connectivity index (χ3v) is 5.93. The minimum atomic E-state index is -3.86. The number of amides is 1. The van der Waals surface area contributed by atoms with E-state index in [0.29, 0.717) is 5.56 Å². The largest absolute Gasteiger partial charge is 0.619 e. The lowest BCUT2D eigenvalue weighted by atomic mass is 9.87. The fraction of sp³-hybridized carbons (Fsp3) is 0.526. The highest BCUT2D eigenvalue weighted by Gasteiger charge is 2.60. The van der Waals surface area contributed by atoms with Crippen LogP contribution in [0.2, 0.25) is 0 Å². The molecule has 12 heteroatoms. The molecule has 3 atom stereocenters. The summed E-state index contributed by atoms with van der Waals surface area (Å²) >= 11 is 0. The zero-order valence-corrected chi connectivity index (χ0v) is 18.5. The maximum absolute atomic E-state index is 12.6. The van der Waals surface area contributed by atoms with E-state index in [1.54, 1.807) is 26.0 Å². The molecule has 1 heterocycles. The molecular formula is C19H28N2O9P+. The average molecular weight is 459 g/mol. The Morgan fingerprint density at radius 2 is 1.97 bits per heavy atom. The van der Waals surface area contributed by atoms with Gasteiger partial charge in [0.15, 0.2) is 11.9 Å². The first kappa shape index (κ1) is 25.0. The highest BCUT2D eigenvalue weighted by molar-refractivity contribution is 7.56. The van der Waals surface area contributed by atoms with Gasteiger partial charge < -0.3 is 20.9 Å². The van der Waals surface area contributed by atoms with Crippen molar-refractivity contribution in [3.8, 4) is 5.75 Å². The van der Waals surface area contributed by atoms with E-state index in [9.17, 15) is 19.3 Å². The fourth-order valence-electron chi connectivity index (χ4n) is 2.72. The molecule has 1 aromatic rings. The number of aliphatic carboxylic acids is 1. The summed E-state index contributed by atoms with van der Waals surface area (Å²) in [6, 6.07) is 5.21. The van der Waals surface area contributed by atoms with Gasteiger partial charge in [-0.05, 0) is 24.1 Å². The highest BCUT2D eigenvalue weighted by Crippen LogP contribution is 2.63. The van der Waals surface area contributed by atoms with Crippen molar-refractivity contribution in [2.75, 3.05) is 20.3 Å². The van der Waals surface area contributed by atoms with Crippen molar-refractivity contribution in [1.29, 1.82) is 0 Å². The van der Waals surface area contributed by atoms with Gasteiger partial charge in [0.05, 0.1) is 13.5 Å². The lowest BCUT2D eigenvalue weighted by Crippen LogP contribution is -2.51. The number of carbonyl (C=O) groups excluding carboxylic acids is 2. The molecule has 172 valence electrons. The first-order valence-corrected chi connectivity index (χ1v) is 11.0. The van der Waals surface area contributed by atoms with Crippen LogP contribution in [0.25, 0.3) is 0 Å². The number of ether oxygens (including phenoxy) is 1. The zero-order chi connectivity index (χ0) is 23.2. The molecular weight excluding hydrogens is 431 g/mol. The second-order valence-corrected chi connectivity index (χ2v) is 9.31. The fourth-order valence-corrected chi connectivity index (χ4v) is 4.41. The summed E-state index contributed by atoms with van der Waals surface area (Å²) in [7, 11) is -2.61. The number of hydrogen-bond donors (Lipinski definition) is 4. The first-order chi connectivity index (χ1) is 14.5. The van der Waals surface area contributed by atoms with E-state index in [2.05, 4.69) is 10.1 Å². The topological polar surface area (TPSA) is 167 Å². The molecule has 0 bridgehead atoms. The molecule has 31 heavy (non-hydrogen) atoms. The maximum Gasteiger partial charge on any atom is 0.619 e. The molecule has 1 aliphatic rings. The van der Waals surface area contributed by atoms with Gasteiger partial charge in [-0.3, -0.25) is 18.9 Å². The number of hydrogen-bond acceptors (Lipinski definition) is 9. The van der Waals surface area contributed by atoms with Crippen LogP contribution in [-0.4, -0.2) is 60.3 Å². The van der Waals surface area contributed by atoms with Gasteiger partial charge in [-0.25, -0.2) is 0 Å². The standard InChI is InChI=1S/C19H27N2O9P/c1-19(2)11-28-31(26,30-16(19)17(23)21-9-8-15(22)27-3)29-13-6-4-12(5-7-13)10-14(20)18(24)25/h4-7,14,16,26H,8-11,20H2,1-3H3,(H-,21,23,24,25)/p+1/t14-,16-,31?/m0/s1. The van der Waals surface area contributed by atoms with Gasteiger partial charge in [0, 0.05) is 12.0 Å².